The zero-order chi connectivity index (χ0) is 19.9. The molecule has 0 amide bonds. The maximum absolute atomic E-state index is 13.4. The van der Waals surface area contributed by atoms with Crippen molar-refractivity contribution in [1.29, 1.82) is 0 Å². The van der Waals surface area contributed by atoms with E-state index in [1.54, 1.807) is 0 Å². The molecule has 0 unspecified atom stereocenters. The second kappa shape index (κ2) is 6.88. The standard InChI is InChI=1S/C18H16N4O4S2/c1-11-3-4-13(12(2)7-11)9-22(17-21-19-10-27-17)28(24,25)14-5-6-15-16(8-14)26-18(23)20-15/h3-8,10H,9H2,1-2H3,(H,20,23). The molecule has 0 saturated heterocycles. The van der Waals surface area contributed by atoms with E-state index in [0.717, 1.165) is 28.0 Å². The molecule has 0 aliphatic heterocycles. The molecule has 4 aromatic rings. The molecule has 0 aliphatic carbocycles. The summed E-state index contributed by atoms with van der Waals surface area (Å²) in [5.41, 5.74) is 5.03. The summed E-state index contributed by atoms with van der Waals surface area (Å²) in [4.78, 5) is 13.9. The first-order valence-electron chi connectivity index (χ1n) is 8.32. The smallest absolute Gasteiger partial charge is 0.408 e. The fourth-order valence-electron chi connectivity index (χ4n) is 2.92. The van der Waals surface area contributed by atoms with Crippen LogP contribution in [0.15, 0.2) is 56.0 Å². The van der Waals surface area contributed by atoms with E-state index in [0.29, 0.717) is 5.52 Å². The fourth-order valence-corrected chi connectivity index (χ4v) is 5.11. The zero-order valence-corrected chi connectivity index (χ0v) is 16.7. The zero-order valence-electron chi connectivity index (χ0n) is 15.0. The van der Waals surface area contributed by atoms with E-state index < -0.39 is 15.8 Å². The minimum atomic E-state index is -3.97. The number of hydrogen-bond acceptors (Lipinski definition) is 7. The largest absolute Gasteiger partial charge is 0.417 e. The summed E-state index contributed by atoms with van der Waals surface area (Å²) in [6.07, 6.45) is 0. The molecule has 28 heavy (non-hydrogen) atoms. The summed E-state index contributed by atoms with van der Waals surface area (Å²) in [6.45, 7) is 4.03. The Morgan fingerprint density at radius 3 is 2.71 bits per heavy atom. The number of sulfonamides is 1. The molecule has 10 heteroatoms. The third kappa shape index (κ3) is 3.32. The Kier molecular flexibility index (Phi) is 4.52. The fraction of sp³-hybridized carbons (Fsp3) is 0.167. The van der Waals surface area contributed by atoms with E-state index in [2.05, 4.69) is 15.2 Å². The van der Waals surface area contributed by atoms with Gasteiger partial charge in [0.2, 0.25) is 5.13 Å². The quantitative estimate of drug-likeness (QED) is 0.536. The second-order valence-corrected chi connectivity index (χ2v) is 9.01. The first-order valence-corrected chi connectivity index (χ1v) is 10.6. The first kappa shape index (κ1) is 18.4. The van der Waals surface area contributed by atoms with Crippen LogP contribution >= 0.6 is 11.3 Å². The monoisotopic (exact) mass is 416 g/mol. The number of fused-ring (bicyclic) bond motifs is 1. The maximum atomic E-state index is 13.4. The number of aryl methyl sites for hydroxylation is 2. The van der Waals surface area contributed by atoms with Crippen LogP contribution < -0.4 is 10.1 Å². The van der Waals surface area contributed by atoms with Crippen molar-refractivity contribution in [3.05, 3.63) is 69.1 Å². The van der Waals surface area contributed by atoms with Gasteiger partial charge in [0.25, 0.3) is 10.0 Å². The highest BCUT2D eigenvalue weighted by atomic mass is 32.2. The minimum absolute atomic E-state index is 0.00251. The predicted octanol–water partition coefficient (Wildman–Crippen LogP) is 2.98. The van der Waals surface area contributed by atoms with E-state index in [1.165, 1.54) is 28.0 Å². The number of hydrogen-bond donors (Lipinski definition) is 1. The van der Waals surface area contributed by atoms with Crippen molar-refractivity contribution < 1.29 is 12.8 Å². The Bertz CT molecular complexity index is 1310. The van der Waals surface area contributed by atoms with Crippen molar-refractivity contribution in [2.45, 2.75) is 25.3 Å². The van der Waals surface area contributed by atoms with E-state index in [-0.39, 0.29) is 22.2 Å². The van der Waals surface area contributed by atoms with Gasteiger partial charge in [0, 0.05) is 6.07 Å². The van der Waals surface area contributed by atoms with Gasteiger partial charge in [-0.15, -0.1) is 10.2 Å². The number of aromatic nitrogens is 3. The Hall–Kier alpha value is -2.98. The lowest BCUT2D eigenvalue weighted by Gasteiger charge is -2.22. The highest BCUT2D eigenvalue weighted by Crippen LogP contribution is 2.29. The number of oxazole rings is 1. The number of nitrogens with zero attached hydrogens (tertiary/aromatic N) is 3. The first-order chi connectivity index (χ1) is 13.3. The number of nitrogens with one attached hydrogen (secondary N) is 1. The van der Waals surface area contributed by atoms with Crippen molar-refractivity contribution >= 4 is 37.6 Å². The number of aromatic amines is 1. The second-order valence-electron chi connectivity index (χ2n) is 6.34. The molecular weight excluding hydrogens is 400 g/mol. The van der Waals surface area contributed by atoms with Crippen LogP contribution in [0.1, 0.15) is 16.7 Å². The van der Waals surface area contributed by atoms with Crippen LogP contribution in [0.4, 0.5) is 5.13 Å². The van der Waals surface area contributed by atoms with Gasteiger partial charge in [-0.25, -0.2) is 17.5 Å². The Balaban J connectivity index is 1.81. The molecule has 0 atom stereocenters. The highest BCUT2D eigenvalue weighted by molar-refractivity contribution is 7.93. The minimum Gasteiger partial charge on any atom is -0.408 e. The Morgan fingerprint density at radius 1 is 1.18 bits per heavy atom. The van der Waals surface area contributed by atoms with Gasteiger partial charge in [-0.2, -0.15) is 0 Å². The molecule has 0 saturated carbocycles. The molecule has 0 fully saturated rings. The molecule has 144 valence electrons. The molecular formula is C18H16N4O4S2. The third-order valence-electron chi connectivity index (χ3n) is 4.35. The van der Waals surface area contributed by atoms with E-state index in [9.17, 15) is 13.2 Å². The van der Waals surface area contributed by atoms with Crippen LogP contribution in [-0.2, 0) is 16.6 Å². The van der Waals surface area contributed by atoms with Gasteiger partial charge in [0.15, 0.2) is 5.58 Å². The SMILES string of the molecule is Cc1ccc(CN(c2nncs2)S(=O)(=O)c2ccc3[nH]c(=O)oc3c2)c(C)c1. The lowest BCUT2D eigenvalue weighted by atomic mass is 10.1. The van der Waals surface area contributed by atoms with Gasteiger partial charge in [-0.05, 0) is 37.1 Å². The lowest BCUT2D eigenvalue weighted by Crippen LogP contribution is -2.30. The number of anilines is 1. The van der Waals surface area contributed by atoms with E-state index in [4.69, 9.17) is 4.42 Å². The van der Waals surface area contributed by atoms with Crippen LogP contribution in [0, 0.1) is 13.8 Å². The molecule has 4 rings (SSSR count). The average molecular weight is 416 g/mol. The molecule has 0 radical (unpaired) electrons. The van der Waals surface area contributed by atoms with Crippen LogP contribution in [0.2, 0.25) is 0 Å². The number of rotatable bonds is 5. The van der Waals surface area contributed by atoms with Gasteiger partial charge in [-0.3, -0.25) is 4.98 Å². The van der Waals surface area contributed by atoms with Gasteiger partial charge >= 0.3 is 5.76 Å². The molecule has 1 N–H and O–H groups in total. The average Bonchev–Trinajstić information content (AvgIpc) is 3.28. The van der Waals surface area contributed by atoms with Crippen LogP contribution in [0.3, 0.4) is 0 Å². The van der Waals surface area contributed by atoms with Gasteiger partial charge in [-0.1, -0.05) is 35.1 Å². The van der Waals surface area contributed by atoms with Crippen LogP contribution in [-0.4, -0.2) is 23.6 Å². The molecule has 8 nitrogen and oxygen atoms in total. The molecule has 0 spiro atoms. The Labute approximate surface area is 164 Å². The van der Waals surface area contributed by atoms with E-state index >= 15 is 0 Å². The van der Waals surface area contributed by atoms with Crippen molar-refractivity contribution in [2.75, 3.05) is 4.31 Å². The third-order valence-corrected chi connectivity index (χ3v) is 6.91. The van der Waals surface area contributed by atoms with E-state index in [1.807, 2.05) is 32.0 Å². The van der Waals surface area contributed by atoms with Crippen molar-refractivity contribution in [1.82, 2.24) is 15.2 Å². The molecule has 2 heterocycles. The lowest BCUT2D eigenvalue weighted by molar-refractivity contribution is 0.553. The molecule has 2 aromatic heterocycles. The normalized spacial score (nSPS) is 11.8. The number of H-pyrrole nitrogens is 1. The summed E-state index contributed by atoms with van der Waals surface area (Å²) in [5, 5.41) is 7.99. The summed E-state index contributed by atoms with van der Waals surface area (Å²) in [5.74, 6) is -0.638. The van der Waals surface area contributed by atoms with Crippen LogP contribution in [0.25, 0.3) is 11.1 Å². The van der Waals surface area contributed by atoms with Crippen molar-refractivity contribution in [2.24, 2.45) is 0 Å². The summed E-state index contributed by atoms with van der Waals surface area (Å²) in [7, 11) is -3.97. The summed E-state index contributed by atoms with van der Waals surface area (Å²) in [6, 6.07) is 10.1. The highest BCUT2D eigenvalue weighted by Gasteiger charge is 2.28. The maximum Gasteiger partial charge on any atom is 0.417 e. The summed E-state index contributed by atoms with van der Waals surface area (Å²) < 4.78 is 33.0. The molecule has 2 aromatic carbocycles. The molecule has 0 aliphatic rings. The van der Waals surface area contributed by atoms with Gasteiger partial charge in [0.05, 0.1) is 17.0 Å². The van der Waals surface area contributed by atoms with Gasteiger partial charge < -0.3 is 4.42 Å². The van der Waals surface area contributed by atoms with Gasteiger partial charge in [0.1, 0.15) is 5.51 Å². The predicted molar refractivity (Wildman–Crippen MR) is 106 cm³/mol. The van der Waals surface area contributed by atoms with Crippen molar-refractivity contribution in [3.63, 3.8) is 0 Å². The number of benzene rings is 2. The van der Waals surface area contributed by atoms with Crippen molar-refractivity contribution in [3.8, 4) is 0 Å². The topological polar surface area (TPSA) is 109 Å². The Morgan fingerprint density at radius 2 is 2.00 bits per heavy atom. The van der Waals surface area contributed by atoms with Crippen LogP contribution in [0.5, 0.6) is 0 Å². The molecule has 0 bridgehead atoms. The summed E-state index contributed by atoms with van der Waals surface area (Å²) >= 11 is 1.13.